The lowest BCUT2D eigenvalue weighted by Crippen LogP contribution is -2.55. The van der Waals surface area contributed by atoms with Crippen LogP contribution in [0, 0.1) is 0 Å². The number of carboxylic acid groups (broad SMARTS) is 1. The van der Waals surface area contributed by atoms with E-state index in [2.05, 4.69) is 74.6 Å². The fourth-order valence-corrected chi connectivity index (χ4v) is 5.48. The second-order valence-corrected chi connectivity index (χ2v) is 14.5. The first-order valence-electron chi connectivity index (χ1n) is 20.3. The van der Waals surface area contributed by atoms with Crippen LogP contribution in [-0.2, 0) is 28.6 Å². The molecule has 0 saturated heterocycles. The number of nitrogens with zero attached hydrogens (tertiary/aromatic N) is 1. The molecule has 0 aromatic carbocycles. The Labute approximate surface area is 318 Å². The van der Waals surface area contributed by atoms with Gasteiger partial charge in [-0.2, -0.15) is 0 Å². The number of carbonyl (C=O) groups excluding carboxylic acids is 3. The number of likely N-dealkylation sites (N-methyl/N-ethyl adjacent to an activating group) is 1. The monoisotopic (exact) mass is 730 g/mol. The molecule has 0 saturated carbocycles. The lowest BCUT2D eigenvalue weighted by molar-refractivity contribution is -0.889. The standard InChI is InChI=1S/C44H75NO7/c1-6-8-10-12-14-16-18-19-20-21-22-23-25-27-29-31-33-35-43(47)52-40(38-50-37-36-41(44(48)49)45(3,4)5)39-51-42(46)34-32-30-28-26-24-17-15-13-11-9-7-2/h9,11,14-17,19-20,26,28,40-41H,6-8,10,12-13,18,21-25,27,29-39H2,1-5H3/b11-9+,16-14+,17-15+,20-19+,28-26+. The van der Waals surface area contributed by atoms with Crippen LogP contribution in [0.5, 0.6) is 0 Å². The Morgan fingerprint density at radius 2 is 1.10 bits per heavy atom. The lowest BCUT2D eigenvalue weighted by atomic mass is 10.1. The van der Waals surface area contributed by atoms with Gasteiger partial charge in [-0.15, -0.1) is 0 Å². The van der Waals surface area contributed by atoms with Crippen molar-refractivity contribution in [3.05, 3.63) is 60.8 Å². The van der Waals surface area contributed by atoms with E-state index in [1.165, 1.54) is 44.9 Å². The number of rotatable bonds is 35. The average Bonchev–Trinajstić information content (AvgIpc) is 3.09. The number of quaternary nitrogens is 1. The minimum Gasteiger partial charge on any atom is -0.544 e. The highest BCUT2D eigenvalue weighted by Crippen LogP contribution is 2.12. The molecule has 2 unspecified atom stereocenters. The smallest absolute Gasteiger partial charge is 0.306 e. The van der Waals surface area contributed by atoms with E-state index in [-0.39, 0.29) is 49.1 Å². The zero-order chi connectivity index (χ0) is 38.5. The van der Waals surface area contributed by atoms with Crippen LogP contribution in [0.25, 0.3) is 0 Å². The zero-order valence-electron chi connectivity index (χ0n) is 33.7. The Bertz CT molecular complexity index is 1040. The number of carbonyl (C=O) groups is 3. The molecule has 298 valence electrons. The summed E-state index contributed by atoms with van der Waals surface area (Å²) in [4.78, 5) is 36.7. The fraction of sp³-hybridized carbons (Fsp3) is 0.705. The summed E-state index contributed by atoms with van der Waals surface area (Å²) in [6.45, 7) is 4.43. The molecular formula is C44H75NO7. The number of carboxylic acids is 1. The van der Waals surface area contributed by atoms with Gasteiger partial charge < -0.3 is 28.6 Å². The molecule has 0 amide bonds. The van der Waals surface area contributed by atoms with E-state index in [4.69, 9.17) is 14.2 Å². The Hall–Kier alpha value is -2.97. The van der Waals surface area contributed by atoms with Crippen molar-refractivity contribution in [2.24, 2.45) is 0 Å². The predicted octanol–water partition coefficient (Wildman–Crippen LogP) is 9.30. The molecule has 8 nitrogen and oxygen atoms in total. The van der Waals surface area contributed by atoms with Gasteiger partial charge >= 0.3 is 11.9 Å². The summed E-state index contributed by atoms with van der Waals surface area (Å²) >= 11 is 0. The van der Waals surface area contributed by atoms with E-state index >= 15 is 0 Å². The van der Waals surface area contributed by atoms with E-state index in [1.54, 1.807) is 21.1 Å². The van der Waals surface area contributed by atoms with Crippen LogP contribution >= 0.6 is 0 Å². The molecule has 0 radical (unpaired) electrons. The number of hydrogen-bond acceptors (Lipinski definition) is 7. The Morgan fingerprint density at radius 3 is 1.65 bits per heavy atom. The highest BCUT2D eigenvalue weighted by molar-refractivity contribution is 5.70. The third-order valence-corrected chi connectivity index (χ3v) is 8.64. The van der Waals surface area contributed by atoms with Crippen LogP contribution in [0.4, 0.5) is 0 Å². The summed E-state index contributed by atoms with van der Waals surface area (Å²) < 4.78 is 17.0. The second kappa shape index (κ2) is 35.1. The Balaban J connectivity index is 4.45. The van der Waals surface area contributed by atoms with Crippen molar-refractivity contribution in [3.8, 4) is 0 Å². The van der Waals surface area contributed by atoms with Crippen LogP contribution in [-0.4, -0.2) is 75.5 Å². The third-order valence-electron chi connectivity index (χ3n) is 8.64. The predicted molar refractivity (Wildman–Crippen MR) is 212 cm³/mol. The number of esters is 2. The summed E-state index contributed by atoms with van der Waals surface area (Å²) in [5, 5.41) is 11.6. The van der Waals surface area contributed by atoms with E-state index < -0.39 is 18.1 Å². The van der Waals surface area contributed by atoms with Gasteiger partial charge in [0.1, 0.15) is 12.6 Å². The number of ether oxygens (including phenoxy) is 3. The van der Waals surface area contributed by atoms with Gasteiger partial charge in [0.25, 0.3) is 0 Å². The SMILES string of the molecule is CC/C=C/C/C=C/C/C=C/CCCC(=O)OCC(COCCC(C(=O)[O-])[N+](C)(C)C)OC(=O)CCCCCCCCC/C=C/C/C=C/CCCCC. The van der Waals surface area contributed by atoms with Crippen molar-refractivity contribution in [3.63, 3.8) is 0 Å². The maximum absolute atomic E-state index is 12.7. The largest absolute Gasteiger partial charge is 0.544 e. The average molecular weight is 730 g/mol. The molecular weight excluding hydrogens is 654 g/mol. The van der Waals surface area contributed by atoms with Crippen molar-refractivity contribution < 1.29 is 38.2 Å². The maximum atomic E-state index is 12.7. The van der Waals surface area contributed by atoms with Gasteiger partial charge in [-0.1, -0.05) is 120 Å². The van der Waals surface area contributed by atoms with E-state index in [0.29, 0.717) is 12.8 Å². The van der Waals surface area contributed by atoms with Gasteiger partial charge in [0.15, 0.2) is 6.10 Å². The summed E-state index contributed by atoms with van der Waals surface area (Å²) in [5.41, 5.74) is 0. The number of allylic oxidation sites excluding steroid dienone is 10. The molecule has 52 heavy (non-hydrogen) atoms. The molecule has 0 aromatic rings. The van der Waals surface area contributed by atoms with Gasteiger partial charge in [0.05, 0.1) is 40.3 Å². The molecule has 0 heterocycles. The molecule has 2 atom stereocenters. The van der Waals surface area contributed by atoms with E-state index in [0.717, 1.165) is 64.2 Å². The number of aliphatic carboxylic acids is 1. The molecule has 0 bridgehead atoms. The summed E-state index contributed by atoms with van der Waals surface area (Å²) in [7, 11) is 5.37. The van der Waals surface area contributed by atoms with Crippen molar-refractivity contribution in [2.75, 3.05) is 41.0 Å². The summed E-state index contributed by atoms with van der Waals surface area (Å²) in [5.74, 6) is -1.82. The molecule has 0 aromatic heterocycles. The fourth-order valence-electron chi connectivity index (χ4n) is 5.48. The van der Waals surface area contributed by atoms with Crippen LogP contribution in [0.2, 0.25) is 0 Å². The zero-order valence-corrected chi connectivity index (χ0v) is 33.7. The quantitative estimate of drug-likeness (QED) is 0.0277. The van der Waals surface area contributed by atoms with Crippen molar-refractivity contribution in [2.45, 2.75) is 161 Å². The highest BCUT2D eigenvalue weighted by atomic mass is 16.6. The van der Waals surface area contributed by atoms with Crippen molar-refractivity contribution >= 4 is 17.9 Å². The Morgan fingerprint density at radius 1 is 0.596 bits per heavy atom. The Kier molecular flexibility index (Phi) is 33.1. The third kappa shape index (κ3) is 32.9. The van der Waals surface area contributed by atoms with E-state index in [1.807, 2.05) is 0 Å². The van der Waals surface area contributed by atoms with Crippen LogP contribution < -0.4 is 5.11 Å². The lowest BCUT2D eigenvalue weighted by Gasteiger charge is -2.34. The molecule has 0 aliphatic heterocycles. The minimum atomic E-state index is -1.14. The topological polar surface area (TPSA) is 102 Å². The molecule has 0 spiro atoms. The van der Waals surface area contributed by atoms with Gasteiger partial charge in [-0.25, -0.2) is 0 Å². The first kappa shape index (κ1) is 49.0. The minimum absolute atomic E-state index is 0.0192. The van der Waals surface area contributed by atoms with E-state index in [9.17, 15) is 19.5 Å². The molecule has 8 heteroatoms. The first-order chi connectivity index (χ1) is 25.1. The van der Waals surface area contributed by atoms with Crippen LogP contribution in [0.1, 0.15) is 149 Å². The molecule has 0 rings (SSSR count). The number of hydrogen-bond donors (Lipinski definition) is 0. The molecule has 0 aliphatic carbocycles. The van der Waals surface area contributed by atoms with Crippen LogP contribution in [0.3, 0.4) is 0 Å². The highest BCUT2D eigenvalue weighted by Gasteiger charge is 2.25. The van der Waals surface area contributed by atoms with Crippen molar-refractivity contribution in [1.29, 1.82) is 0 Å². The maximum Gasteiger partial charge on any atom is 0.306 e. The molecule has 0 fully saturated rings. The molecule has 0 aliphatic rings. The van der Waals surface area contributed by atoms with Gasteiger partial charge in [0, 0.05) is 19.3 Å². The summed E-state index contributed by atoms with van der Waals surface area (Å²) in [6.07, 6.45) is 41.1. The number of unbranched alkanes of at least 4 members (excludes halogenated alkanes) is 11. The second-order valence-electron chi connectivity index (χ2n) is 14.5. The molecule has 0 N–H and O–H groups in total. The van der Waals surface area contributed by atoms with Crippen LogP contribution in [0.15, 0.2) is 60.8 Å². The van der Waals surface area contributed by atoms with Gasteiger partial charge in [0.2, 0.25) is 0 Å². The van der Waals surface area contributed by atoms with Crippen molar-refractivity contribution in [1.82, 2.24) is 0 Å². The normalized spacial score (nSPS) is 13.6. The van der Waals surface area contributed by atoms with Gasteiger partial charge in [-0.3, -0.25) is 9.59 Å². The summed E-state index contributed by atoms with van der Waals surface area (Å²) in [6, 6.07) is -0.735. The first-order valence-corrected chi connectivity index (χ1v) is 20.3. The van der Waals surface area contributed by atoms with Gasteiger partial charge in [-0.05, 0) is 70.6 Å².